The van der Waals surface area contributed by atoms with E-state index in [0.29, 0.717) is 36.3 Å². The van der Waals surface area contributed by atoms with Crippen LogP contribution in [0.3, 0.4) is 0 Å². The normalized spacial score (nSPS) is 14.9. The highest BCUT2D eigenvalue weighted by Gasteiger charge is 2.31. The lowest BCUT2D eigenvalue weighted by Crippen LogP contribution is -2.35. The smallest absolute Gasteiger partial charge is 0.414 e. The maximum absolute atomic E-state index is 12.9. The van der Waals surface area contributed by atoms with Crippen molar-refractivity contribution >= 4 is 35.0 Å². The molecule has 2 aromatic carbocycles. The fourth-order valence-electron chi connectivity index (χ4n) is 3.66. The summed E-state index contributed by atoms with van der Waals surface area (Å²) >= 11 is 0. The second-order valence-electron chi connectivity index (χ2n) is 8.24. The number of hydrogen-bond acceptors (Lipinski definition) is 4. The van der Waals surface area contributed by atoms with Crippen molar-refractivity contribution in [1.82, 2.24) is 0 Å². The second-order valence-corrected chi connectivity index (χ2v) is 8.24. The largest absolute Gasteiger partial charge is 0.443 e. The molecule has 0 saturated heterocycles. The van der Waals surface area contributed by atoms with Gasteiger partial charge in [0.15, 0.2) is 0 Å². The Kier molecular flexibility index (Phi) is 4.53. The van der Waals surface area contributed by atoms with Gasteiger partial charge in [0.25, 0.3) is 5.91 Å². The lowest BCUT2D eigenvalue weighted by molar-refractivity contribution is -0.115. The van der Waals surface area contributed by atoms with E-state index >= 15 is 0 Å². The number of carbonyl (C=O) groups excluding carboxylic acids is 3. The summed E-state index contributed by atoms with van der Waals surface area (Å²) in [5, 5.41) is 5.68. The van der Waals surface area contributed by atoms with Gasteiger partial charge in [-0.1, -0.05) is 6.07 Å². The van der Waals surface area contributed by atoms with Crippen molar-refractivity contribution in [3.05, 3.63) is 53.1 Å². The Hall–Kier alpha value is -3.35. The van der Waals surface area contributed by atoms with Gasteiger partial charge in [-0.3, -0.25) is 14.5 Å². The molecule has 2 aliphatic rings. The van der Waals surface area contributed by atoms with Crippen LogP contribution in [0.25, 0.3) is 0 Å². The summed E-state index contributed by atoms with van der Waals surface area (Å²) in [6.45, 7) is 5.95. The highest BCUT2D eigenvalue weighted by atomic mass is 16.6. The number of amides is 3. The van der Waals surface area contributed by atoms with E-state index in [-0.39, 0.29) is 11.8 Å². The Labute approximate surface area is 169 Å². The number of anilines is 3. The van der Waals surface area contributed by atoms with E-state index in [4.69, 9.17) is 4.74 Å². The average molecular weight is 393 g/mol. The van der Waals surface area contributed by atoms with Crippen LogP contribution in [0.4, 0.5) is 21.9 Å². The molecular weight excluding hydrogens is 370 g/mol. The van der Waals surface area contributed by atoms with Crippen molar-refractivity contribution < 1.29 is 19.1 Å². The van der Waals surface area contributed by atoms with E-state index in [1.54, 1.807) is 35.2 Å². The molecule has 2 aliphatic heterocycles. The van der Waals surface area contributed by atoms with E-state index in [9.17, 15) is 14.4 Å². The summed E-state index contributed by atoms with van der Waals surface area (Å²) in [6, 6.07) is 10.7. The molecule has 0 bridgehead atoms. The molecule has 0 aromatic heterocycles. The van der Waals surface area contributed by atoms with Gasteiger partial charge in [-0.2, -0.15) is 0 Å². The van der Waals surface area contributed by atoms with Crippen LogP contribution < -0.4 is 15.5 Å². The number of ether oxygens (including phenoxy) is 1. The highest BCUT2D eigenvalue weighted by Crippen LogP contribution is 2.33. The Morgan fingerprint density at radius 3 is 2.72 bits per heavy atom. The molecule has 0 unspecified atom stereocenters. The summed E-state index contributed by atoms with van der Waals surface area (Å²) in [5.41, 5.74) is 3.75. The fraction of sp³-hybridized carbons (Fsp3) is 0.318. The molecule has 2 heterocycles. The van der Waals surface area contributed by atoms with Gasteiger partial charge in [0.05, 0.1) is 12.1 Å². The highest BCUT2D eigenvalue weighted by molar-refractivity contribution is 6.08. The van der Waals surface area contributed by atoms with Crippen molar-refractivity contribution in [3.8, 4) is 0 Å². The Bertz CT molecular complexity index is 1020. The number of nitrogens with one attached hydrogen (secondary N) is 2. The zero-order chi connectivity index (χ0) is 20.8. The fourth-order valence-corrected chi connectivity index (χ4v) is 3.66. The zero-order valence-corrected chi connectivity index (χ0v) is 16.7. The third-order valence-electron chi connectivity index (χ3n) is 4.87. The molecular formula is C22H23N3O4. The summed E-state index contributed by atoms with van der Waals surface area (Å²) in [5.74, 6) is -0.295. The van der Waals surface area contributed by atoms with Crippen LogP contribution in [0, 0.1) is 0 Å². The topological polar surface area (TPSA) is 87.7 Å². The van der Waals surface area contributed by atoms with E-state index in [1.807, 2.05) is 26.8 Å². The van der Waals surface area contributed by atoms with Crippen LogP contribution >= 0.6 is 0 Å². The molecule has 150 valence electrons. The molecule has 3 amide bonds. The maximum Gasteiger partial charge on any atom is 0.414 e. The van der Waals surface area contributed by atoms with Gasteiger partial charge >= 0.3 is 6.09 Å². The first-order valence-corrected chi connectivity index (χ1v) is 9.58. The molecule has 7 nitrogen and oxygen atoms in total. The maximum atomic E-state index is 12.9. The molecule has 0 spiro atoms. The summed E-state index contributed by atoms with van der Waals surface area (Å²) in [7, 11) is 0. The molecule has 29 heavy (non-hydrogen) atoms. The number of carbonyl (C=O) groups is 3. The van der Waals surface area contributed by atoms with Gasteiger partial charge in [0.1, 0.15) is 5.60 Å². The van der Waals surface area contributed by atoms with Crippen LogP contribution in [-0.2, 0) is 22.4 Å². The third kappa shape index (κ3) is 3.81. The molecule has 0 aliphatic carbocycles. The van der Waals surface area contributed by atoms with Crippen molar-refractivity contribution in [2.45, 2.75) is 39.2 Å². The third-order valence-corrected chi connectivity index (χ3v) is 4.87. The molecule has 0 fully saturated rings. The Balaban J connectivity index is 1.55. The molecule has 7 heteroatoms. The second kappa shape index (κ2) is 6.92. The minimum Gasteiger partial charge on any atom is -0.443 e. The van der Waals surface area contributed by atoms with Gasteiger partial charge in [-0.05, 0) is 68.7 Å². The van der Waals surface area contributed by atoms with E-state index in [0.717, 1.165) is 16.8 Å². The summed E-state index contributed by atoms with van der Waals surface area (Å²) in [6.07, 6.45) is 0.482. The van der Waals surface area contributed by atoms with Crippen LogP contribution in [0.15, 0.2) is 36.4 Å². The first kappa shape index (κ1) is 19.0. The lowest BCUT2D eigenvalue weighted by Gasteiger charge is -2.24. The van der Waals surface area contributed by atoms with Crippen LogP contribution in [-0.4, -0.2) is 30.1 Å². The van der Waals surface area contributed by atoms with Gasteiger partial charge in [0.2, 0.25) is 5.91 Å². The van der Waals surface area contributed by atoms with E-state index < -0.39 is 11.7 Å². The average Bonchev–Trinajstić information content (AvgIpc) is 3.22. The van der Waals surface area contributed by atoms with Crippen LogP contribution in [0.2, 0.25) is 0 Å². The molecule has 0 radical (unpaired) electrons. The van der Waals surface area contributed by atoms with Gasteiger partial charge in [-0.25, -0.2) is 4.79 Å². The summed E-state index contributed by atoms with van der Waals surface area (Å²) in [4.78, 5) is 38.5. The van der Waals surface area contributed by atoms with E-state index in [2.05, 4.69) is 10.6 Å². The van der Waals surface area contributed by atoms with Crippen LogP contribution in [0.5, 0.6) is 0 Å². The molecule has 2 aromatic rings. The Morgan fingerprint density at radius 1 is 1.17 bits per heavy atom. The predicted octanol–water partition coefficient (Wildman–Crippen LogP) is 3.73. The number of rotatable bonds is 2. The monoisotopic (exact) mass is 393 g/mol. The number of nitrogens with zero attached hydrogens (tertiary/aromatic N) is 1. The standard InChI is InChI=1S/C22H23N3O4/c1-22(2,3)29-21(28)25-10-9-15-16(5-4-6-18(15)25)20(27)23-14-7-8-17-13(11-14)12-19(26)24-17/h4-8,11H,9-10,12H2,1-3H3,(H,23,27)(H,24,26). The lowest BCUT2D eigenvalue weighted by atomic mass is 10.0. The van der Waals surface area contributed by atoms with Crippen molar-refractivity contribution in [2.24, 2.45) is 0 Å². The van der Waals surface area contributed by atoms with Gasteiger partial charge in [0, 0.05) is 23.5 Å². The quantitative estimate of drug-likeness (QED) is 0.814. The zero-order valence-electron chi connectivity index (χ0n) is 16.7. The Morgan fingerprint density at radius 2 is 1.97 bits per heavy atom. The van der Waals surface area contributed by atoms with Crippen molar-refractivity contribution in [3.63, 3.8) is 0 Å². The minimum absolute atomic E-state index is 0.0495. The van der Waals surface area contributed by atoms with Crippen LogP contribution in [0.1, 0.15) is 42.3 Å². The molecule has 4 rings (SSSR count). The number of hydrogen-bond donors (Lipinski definition) is 2. The first-order valence-electron chi connectivity index (χ1n) is 9.58. The molecule has 0 saturated carbocycles. The van der Waals surface area contributed by atoms with Crippen molar-refractivity contribution in [1.29, 1.82) is 0 Å². The summed E-state index contributed by atoms with van der Waals surface area (Å²) < 4.78 is 5.48. The van der Waals surface area contributed by atoms with Gasteiger partial charge < -0.3 is 15.4 Å². The SMILES string of the molecule is CC(C)(C)OC(=O)N1CCc2c(C(=O)Nc3ccc4c(c3)CC(=O)N4)cccc21. The molecule has 0 atom stereocenters. The van der Waals surface area contributed by atoms with E-state index in [1.165, 1.54) is 0 Å². The van der Waals surface area contributed by atoms with Gasteiger partial charge in [-0.15, -0.1) is 0 Å². The first-order chi connectivity index (χ1) is 13.7. The number of fused-ring (bicyclic) bond motifs is 2. The predicted molar refractivity (Wildman–Crippen MR) is 110 cm³/mol. The molecule has 2 N–H and O–H groups in total. The number of benzene rings is 2. The minimum atomic E-state index is -0.585. The van der Waals surface area contributed by atoms with Crippen molar-refractivity contribution in [2.75, 3.05) is 22.1 Å².